The average Bonchev–Trinajstić information content (AvgIpc) is 3.17. The fourth-order valence-corrected chi connectivity index (χ4v) is 4.61. The van der Waals surface area contributed by atoms with Gasteiger partial charge in [0.05, 0.1) is 6.54 Å². The molecular weight excluding hydrogens is 428 g/mol. The molecule has 0 spiro atoms. The Kier molecular flexibility index (Phi) is 6.93. The fraction of sp³-hybridized carbons (Fsp3) is 0.458. The predicted molar refractivity (Wildman–Crippen MR) is 124 cm³/mol. The van der Waals surface area contributed by atoms with E-state index in [0.29, 0.717) is 12.5 Å². The van der Waals surface area contributed by atoms with Gasteiger partial charge in [-0.05, 0) is 49.3 Å². The van der Waals surface area contributed by atoms with Crippen LogP contribution in [0.5, 0.6) is 0 Å². The SMILES string of the molecule is CC(C)CN1C=C2CC(=O)C(C(=O)O)C=C2C(c2cccs2)=C1CNC(=O)OC(C)(C)C. The van der Waals surface area contributed by atoms with Gasteiger partial charge in [-0.1, -0.05) is 26.0 Å². The van der Waals surface area contributed by atoms with E-state index in [1.54, 1.807) is 26.8 Å². The molecule has 1 aromatic rings. The number of nitrogens with zero attached hydrogens (tertiary/aromatic N) is 1. The highest BCUT2D eigenvalue weighted by Gasteiger charge is 2.36. The Hall–Kier alpha value is -2.87. The van der Waals surface area contributed by atoms with Gasteiger partial charge in [0, 0.05) is 35.3 Å². The van der Waals surface area contributed by atoms with Crippen LogP contribution in [-0.4, -0.2) is 46.5 Å². The maximum Gasteiger partial charge on any atom is 0.407 e. The van der Waals surface area contributed by atoms with Crippen LogP contribution in [0.15, 0.2) is 46.6 Å². The van der Waals surface area contributed by atoms with Gasteiger partial charge < -0.3 is 20.1 Å². The molecule has 0 saturated carbocycles. The standard InChI is InChI=1S/C24H30N2O5S/c1-14(2)12-26-13-15-9-19(27)17(22(28)29)10-16(15)21(20-7-6-8-32-20)18(26)11-25-23(30)31-24(3,4)5/h6-8,10,13-14,17H,9,11-12H2,1-5H3,(H,25,30)(H,28,29). The quantitative estimate of drug-likeness (QED) is 0.612. The molecule has 0 aromatic carbocycles. The Morgan fingerprint density at radius 2 is 2.06 bits per heavy atom. The van der Waals surface area contributed by atoms with E-state index in [4.69, 9.17) is 4.74 Å². The number of nitrogens with one attached hydrogen (secondary N) is 1. The lowest BCUT2D eigenvalue weighted by atomic mass is 9.80. The minimum atomic E-state index is -1.17. The molecule has 2 heterocycles. The van der Waals surface area contributed by atoms with Crippen LogP contribution in [0.2, 0.25) is 0 Å². The third-order valence-corrected chi connectivity index (χ3v) is 5.89. The van der Waals surface area contributed by atoms with Crippen molar-refractivity contribution in [3.05, 3.63) is 51.5 Å². The topological polar surface area (TPSA) is 95.9 Å². The molecule has 1 aliphatic carbocycles. The molecular formula is C24H30N2O5S. The summed E-state index contributed by atoms with van der Waals surface area (Å²) in [6.07, 6.45) is 3.02. The van der Waals surface area contributed by atoms with Gasteiger partial charge in [-0.15, -0.1) is 11.3 Å². The number of allylic oxidation sites excluding steroid dienone is 3. The second-order valence-electron chi connectivity index (χ2n) is 9.39. The number of ether oxygens (including phenoxy) is 1. The van der Waals surface area contributed by atoms with Gasteiger partial charge in [0.15, 0.2) is 5.78 Å². The van der Waals surface area contributed by atoms with Crippen molar-refractivity contribution in [1.29, 1.82) is 0 Å². The second-order valence-corrected chi connectivity index (χ2v) is 10.3. The van der Waals surface area contributed by atoms with Crippen molar-refractivity contribution in [3.8, 4) is 0 Å². The summed E-state index contributed by atoms with van der Waals surface area (Å²) >= 11 is 1.54. The smallest absolute Gasteiger partial charge is 0.407 e. The van der Waals surface area contributed by atoms with Crippen molar-refractivity contribution in [3.63, 3.8) is 0 Å². The maximum atomic E-state index is 12.5. The fourth-order valence-electron chi connectivity index (χ4n) is 3.80. The van der Waals surface area contributed by atoms with Crippen LogP contribution in [0.3, 0.4) is 0 Å². The van der Waals surface area contributed by atoms with Crippen molar-refractivity contribution in [2.24, 2.45) is 11.8 Å². The number of carboxylic acid groups (broad SMARTS) is 1. The first-order chi connectivity index (χ1) is 15.0. The second kappa shape index (κ2) is 9.32. The van der Waals surface area contributed by atoms with Gasteiger partial charge in [-0.3, -0.25) is 9.59 Å². The molecule has 0 fully saturated rings. The maximum absolute atomic E-state index is 12.5. The molecule has 7 nitrogen and oxygen atoms in total. The summed E-state index contributed by atoms with van der Waals surface area (Å²) in [5.41, 5.74) is 2.64. The van der Waals surface area contributed by atoms with Crippen LogP contribution < -0.4 is 5.32 Å². The zero-order valence-electron chi connectivity index (χ0n) is 19.1. The summed E-state index contributed by atoms with van der Waals surface area (Å²) < 4.78 is 5.40. The third-order valence-electron chi connectivity index (χ3n) is 5.00. The number of hydrogen-bond donors (Lipinski definition) is 2. The minimum Gasteiger partial charge on any atom is -0.480 e. The summed E-state index contributed by atoms with van der Waals surface area (Å²) in [5, 5.41) is 14.4. The normalized spacial score (nSPS) is 18.9. The number of carboxylic acids is 1. The lowest BCUT2D eigenvalue weighted by Crippen LogP contribution is -2.38. The van der Waals surface area contributed by atoms with Crippen molar-refractivity contribution in [2.45, 2.75) is 46.6 Å². The van der Waals surface area contributed by atoms with E-state index in [-0.39, 0.29) is 18.7 Å². The van der Waals surface area contributed by atoms with Gasteiger partial charge in [0.1, 0.15) is 11.5 Å². The van der Waals surface area contributed by atoms with Gasteiger partial charge in [-0.25, -0.2) is 4.79 Å². The van der Waals surface area contributed by atoms with Crippen molar-refractivity contribution in [1.82, 2.24) is 10.2 Å². The summed E-state index contributed by atoms with van der Waals surface area (Å²) in [7, 11) is 0. The lowest BCUT2D eigenvalue weighted by molar-refractivity contribution is -0.144. The number of Topliss-reactive ketones (excluding diaryl/α,β-unsaturated/α-hetero) is 1. The molecule has 8 heteroatoms. The zero-order chi connectivity index (χ0) is 23.6. The summed E-state index contributed by atoms with van der Waals surface area (Å²) in [6.45, 7) is 10.5. The van der Waals surface area contributed by atoms with Crippen molar-refractivity contribution >= 4 is 34.8 Å². The highest BCUT2D eigenvalue weighted by molar-refractivity contribution is 7.11. The van der Waals surface area contributed by atoms with Gasteiger partial charge in [0.2, 0.25) is 0 Å². The molecule has 1 atom stereocenters. The van der Waals surface area contributed by atoms with E-state index in [0.717, 1.165) is 27.3 Å². The molecule has 3 rings (SSSR count). The largest absolute Gasteiger partial charge is 0.480 e. The Morgan fingerprint density at radius 1 is 1.34 bits per heavy atom. The van der Waals surface area contributed by atoms with Gasteiger partial charge in [-0.2, -0.15) is 0 Å². The lowest BCUT2D eigenvalue weighted by Gasteiger charge is -2.36. The number of thiophene rings is 1. The van der Waals surface area contributed by atoms with E-state index in [2.05, 4.69) is 24.1 Å². The molecule has 0 radical (unpaired) electrons. The molecule has 1 aromatic heterocycles. The molecule has 32 heavy (non-hydrogen) atoms. The number of ketones is 1. The predicted octanol–water partition coefficient (Wildman–Crippen LogP) is 4.44. The third kappa shape index (κ3) is 5.48. The molecule has 172 valence electrons. The summed E-state index contributed by atoms with van der Waals surface area (Å²) in [6, 6.07) is 3.90. The van der Waals surface area contributed by atoms with Crippen LogP contribution >= 0.6 is 11.3 Å². The highest BCUT2D eigenvalue weighted by Crippen LogP contribution is 2.43. The Morgan fingerprint density at radius 3 is 2.62 bits per heavy atom. The molecule has 0 saturated heterocycles. The number of rotatable bonds is 6. The van der Waals surface area contributed by atoms with E-state index in [1.165, 1.54) is 11.3 Å². The van der Waals surface area contributed by atoms with Crippen molar-refractivity contribution in [2.75, 3.05) is 13.1 Å². The monoisotopic (exact) mass is 458 g/mol. The van der Waals surface area contributed by atoms with E-state index >= 15 is 0 Å². The van der Waals surface area contributed by atoms with Gasteiger partial charge >= 0.3 is 12.1 Å². The molecule has 0 bridgehead atoms. The molecule has 1 unspecified atom stereocenters. The van der Waals surface area contributed by atoms with Crippen LogP contribution in [-0.2, 0) is 14.3 Å². The molecule has 2 N–H and O–H groups in total. The van der Waals surface area contributed by atoms with Crippen LogP contribution in [0.25, 0.3) is 5.57 Å². The van der Waals surface area contributed by atoms with Crippen LogP contribution in [0.1, 0.15) is 45.9 Å². The average molecular weight is 459 g/mol. The first-order valence-corrected chi connectivity index (χ1v) is 11.5. The number of aliphatic carboxylic acids is 1. The number of carbonyl (C=O) groups is 3. The van der Waals surface area contributed by atoms with E-state index < -0.39 is 23.6 Å². The highest BCUT2D eigenvalue weighted by atomic mass is 32.1. The molecule has 2 aliphatic rings. The van der Waals surface area contributed by atoms with Crippen LogP contribution in [0.4, 0.5) is 4.79 Å². The molecule has 1 amide bonds. The minimum absolute atomic E-state index is 0.0685. The Bertz CT molecular complexity index is 996. The number of hydrogen-bond acceptors (Lipinski definition) is 6. The zero-order valence-corrected chi connectivity index (χ0v) is 19.9. The number of alkyl carbamates (subject to hydrolysis) is 1. The first kappa shape index (κ1) is 23.8. The van der Waals surface area contributed by atoms with Crippen molar-refractivity contribution < 1.29 is 24.2 Å². The first-order valence-electron chi connectivity index (χ1n) is 10.7. The Labute approximate surface area is 192 Å². The van der Waals surface area contributed by atoms with E-state index in [1.807, 2.05) is 23.7 Å². The number of fused-ring (bicyclic) bond motifs is 1. The summed E-state index contributed by atoms with van der Waals surface area (Å²) in [4.78, 5) is 39.5. The Balaban J connectivity index is 2.09. The van der Waals surface area contributed by atoms with Gasteiger partial charge in [0.25, 0.3) is 0 Å². The van der Waals surface area contributed by atoms with E-state index in [9.17, 15) is 19.5 Å². The number of amides is 1. The summed E-state index contributed by atoms with van der Waals surface area (Å²) in [5.74, 6) is -2.32. The van der Waals surface area contributed by atoms with Crippen LogP contribution in [0, 0.1) is 11.8 Å². The molecule has 1 aliphatic heterocycles. The number of carbonyl (C=O) groups excluding carboxylic acids is 2.